The molecule has 2 N–H and O–H groups in total. The number of rotatable bonds is 7. The number of para-hydroxylation sites is 2. The summed E-state index contributed by atoms with van der Waals surface area (Å²) >= 11 is 0. The number of amides is 2. The van der Waals surface area contributed by atoms with Crippen LogP contribution in [0.3, 0.4) is 0 Å². The smallest absolute Gasteiger partial charge is 0.246 e. The molecule has 0 spiro atoms. The summed E-state index contributed by atoms with van der Waals surface area (Å²) in [6.07, 6.45) is 0.117. The lowest BCUT2D eigenvalue weighted by atomic mass is 10.2. The molecule has 1 unspecified atom stereocenters. The monoisotopic (exact) mass is 330 g/mol. The van der Waals surface area contributed by atoms with E-state index in [9.17, 15) is 14.0 Å². The Morgan fingerprint density at radius 3 is 2.46 bits per heavy atom. The molecule has 0 aromatic heterocycles. The number of benzene rings is 2. The zero-order valence-corrected chi connectivity index (χ0v) is 13.3. The second-order valence-electron chi connectivity index (χ2n) is 5.17. The topological polar surface area (TPSA) is 67.4 Å². The Labute approximate surface area is 139 Å². The molecule has 2 amide bonds. The summed E-state index contributed by atoms with van der Waals surface area (Å²) in [5.41, 5.74) is 0.0796. The molecule has 0 heterocycles. The quantitative estimate of drug-likeness (QED) is 0.820. The van der Waals surface area contributed by atoms with E-state index in [1.165, 1.54) is 25.1 Å². The van der Waals surface area contributed by atoms with Gasteiger partial charge in [-0.25, -0.2) is 4.39 Å². The minimum Gasteiger partial charge on any atom is -0.493 e. The molecule has 24 heavy (non-hydrogen) atoms. The molecule has 5 nitrogen and oxygen atoms in total. The SMILES string of the molecule is CC(NC(=O)CCOc1ccccc1)C(=O)Nc1ccccc1F. The summed E-state index contributed by atoms with van der Waals surface area (Å²) in [6.45, 7) is 1.74. The number of anilines is 1. The Morgan fingerprint density at radius 2 is 1.75 bits per heavy atom. The first-order valence-electron chi connectivity index (χ1n) is 7.59. The van der Waals surface area contributed by atoms with Gasteiger partial charge in [-0.05, 0) is 31.2 Å². The summed E-state index contributed by atoms with van der Waals surface area (Å²) in [7, 11) is 0. The standard InChI is InChI=1S/C18H19FN2O3/c1-13(18(23)21-16-10-6-5-9-15(16)19)20-17(22)11-12-24-14-7-3-2-4-8-14/h2-10,13H,11-12H2,1H3,(H,20,22)(H,21,23). The lowest BCUT2D eigenvalue weighted by Crippen LogP contribution is -2.42. The predicted octanol–water partition coefficient (Wildman–Crippen LogP) is 2.74. The molecule has 0 aliphatic carbocycles. The van der Waals surface area contributed by atoms with Gasteiger partial charge in [0, 0.05) is 0 Å². The first-order valence-corrected chi connectivity index (χ1v) is 7.59. The molecule has 0 aliphatic rings. The van der Waals surface area contributed by atoms with Crippen LogP contribution in [-0.4, -0.2) is 24.5 Å². The highest BCUT2D eigenvalue weighted by Crippen LogP contribution is 2.12. The molecule has 0 fully saturated rings. The van der Waals surface area contributed by atoms with Gasteiger partial charge < -0.3 is 15.4 Å². The number of hydrogen-bond donors (Lipinski definition) is 2. The minimum absolute atomic E-state index is 0.0796. The second-order valence-corrected chi connectivity index (χ2v) is 5.17. The molecular weight excluding hydrogens is 311 g/mol. The maximum atomic E-state index is 13.5. The molecule has 2 rings (SSSR count). The molecule has 0 aliphatic heterocycles. The second kappa shape index (κ2) is 8.67. The van der Waals surface area contributed by atoms with Gasteiger partial charge in [0.15, 0.2) is 0 Å². The van der Waals surface area contributed by atoms with Crippen LogP contribution in [0.15, 0.2) is 54.6 Å². The summed E-state index contributed by atoms with van der Waals surface area (Å²) in [5, 5.41) is 4.99. The van der Waals surface area contributed by atoms with E-state index >= 15 is 0 Å². The van der Waals surface area contributed by atoms with Crippen LogP contribution < -0.4 is 15.4 Å². The molecule has 0 radical (unpaired) electrons. The molecule has 126 valence electrons. The van der Waals surface area contributed by atoms with Gasteiger partial charge in [0.25, 0.3) is 0 Å². The van der Waals surface area contributed by atoms with Crippen molar-refractivity contribution in [1.29, 1.82) is 0 Å². The third-order valence-corrected chi connectivity index (χ3v) is 3.24. The van der Waals surface area contributed by atoms with Crippen molar-refractivity contribution in [2.75, 3.05) is 11.9 Å². The van der Waals surface area contributed by atoms with Crippen LogP contribution in [0, 0.1) is 5.82 Å². The molecule has 0 saturated carbocycles. The average Bonchev–Trinajstić information content (AvgIpc) is 2.57. The van der Waals surface area contributed by atoms with E-state index in [1.807, 2.05) is 18.2 Å². The van der Waals surface area contributed by atoms with Gasteiger partial charge in [-0.1, -0.05) is 30.3 Å². The maximum absolute atomic E-state index is 13.5. The Hall–Kier alpha value is -2.89. The third-order valence-electron chi connectivity index (χ3n) is 3.24. The van der Waals surface area contributed by atoms with E-state index in [1.54, 1.807) is 18.2 Å². The fourth-order valence-corrected chi connectivity index (χ4v) is 1.96. The van der Waals surface area contributed by atoms with Crippen molar-refractivity contribution in [2.45, 2.75) is 19.4 Å². The van der Waals surface area contributed by atoms with Crippen molar-refractivity contribution in [3.8, 4) is 5.75 Å². The van der Waals surface area contributed by atoms with Gasteiger partial charge in [0.05, 0.1) is 18.7 Å². The zero-order chi connectivity index (χ0) is 17.4. The molecular formula is C18H19FN2O3. The Balaban J connectivity index is 1.74. The van der Waals surface area contributed by atoms with Crippen LogP contribution in [0.5, 0.6) is 5.75 Å². The molecule has 2 aromatic rings. The van der Waals surface area contributed by atoms with E-state index in [2.05, 4.69) is 10.6 Å². The van der Waals surface area contributed by atoms with E-state index in [4.69, 9.17) is 4.74 Å². The number of carbonyl (C=O) groups excluding carboxylic acids is 2. The number of nitrogens with one attached hydrogen (secondary N) is 2. The third kappa shape index (κ3) is 5.39. The van der Waals surface area contributed by atoms with Gasteiger partial charge in [0.1, 0.15) is 17.6 Å². The van der Waals surface area contributed by atoms with Crippen LogP contribution in [0.4, 0.5) is 10.1 Å². The Morgan fingerprint density at radius 1 is 1.08 bits per heavy atom. The summed E-state index contributed by atoms with van der Waals surface area (Å²) < 4.78 is 18.9. The average molecular weight is 330 g/mol. The molecule has 1 atom stereocenters. The fourth-order valence-electron chi connectivity index (χ4n) is 1.96. The van der Waals surface area contributed by atoms with Gasteiger partial charge in [0.2, 0.25) is 11.8 Å². The van der Waals surface area contributed by atoms with Crippen LogP contribution in [0.25, 0.3) is 0 Å². The van der Waals surface area contributed by atoms with Crippen molar-refractivity contribution in [1.82, 2.24) is 5.32 Å². The highest BCUT2D eigenvalue weighted by Gasteiger charge is 2.16. The molecule has 0 saturated heterocycles. The largest absolute Gasteiger partial charge is 0.493 e. The number of hydrogen-bond acceptors (Lipinski definition) is 3. The summed E-state index contributed by atoms with van der Waals surface area (Å²) in [6, 6.07) is 14.2. The van der Waals surface area contributed by atoms with Crippen LogP contribution in [-0.2, 0) is 9.59 Å². The lowest BCUT2D eigenvalue weighted by Gasteiger charge is -2.14. The van der Waals surface area contributed by atoms with Crippen molar-refractivity contribution < 1.29 is 18.7 Å². The number of halogens is 1. The van der Waals surface area contributed by atoms with Gasteiger partial charge in [-0.3, -0.25) is 9.59 Å². The first kappa shape index (κ1) is 17.5. The number of ether oxygens (including phenoxy) is 1. The van der Waals surface area contributed by atoms with Gasteiger partial charge >= 0.3 is 0 Å². The fraction of sp³-hybridized carbons (Fsp3) is 0.222. The molecule has 2 aromatic carbocycles. The maximum Gasteiger partial charge on any atom is 0.246 e. The van der Waals surface area contributed by atoms with E-state index < -0.39 is 17.8 Å². The minimum atomic E-state index is -0.783. The Kier molecular flexibility index (Phi) is 6.31. The van der Waals surface area contributed by atoms with Crippen molar-refractivity contribution in [3.05, 3.63) is 60.4 Å². The predicted molar refractivity (Wildman–Crippen MR) is 89.2 cm³/mol. The van der Waals surface area contributed by atoms with Crippen LogP contribution in [0.1, 0.15) is 13.3 Å². The van der Waals surface area contributed by atoms with Gasteiger partial charge in [-0.2, -0.15) is 0 Å². The normalized spacial score (nSPS) is 11.4. The molecule has 0 bridgehead atoms. The Bertz CT molecular complexity index is 692. The van der Waals surface area contributed by atoms with Crippen molar-refractivity contribution in [2.24, 2.45) is 0 Å². The summed E-state index contributed by atoms with van der Waals surface area (Å²) in [4.78, 5) is 23.8. The molecule has 6 heteroatoms. The van der Waals surface area contributed by atoms with Crippen LogP contribution >= 0.6 is 0 Å². The van der Waals surface area contributed by atoms with Gasteiger partial charge in [-0.15, -0.1) is 0 Å². The summed E-state index contributed by atoms with van der Waals surface area (Å²) in [5.74, 6) is -0.657. The van der Waals surface area contributed by atoms with Crippen LogP contribution in [0.2, 0.25) is 0 Å². The highest BCUT2D eigenvalue weighted by atomic mass is 19.1. The van der Waals surface area contributed by atoms with E-state index in [0.29, 0.717) is 5.75 Å². The van der Waals surface area contributed by atoms with E-state index in [0.717, 1.165) is 0 Å². The lowest BCUT2D eigenvalue weighted by molar-refractivity contribution is -0.126. The van der Waals surface area contributed by atoms with Crippen molar-refractivity contribution >= 4 is 17.5 Å². The van der Waals surface area contributed by atoms with Crippen molar-refractivity contribution in [3.63, 3.8) is 0 Å². The first-order chi connectivity index (χ1) is 11.6. The van der Waals surface area contributed by atoms with E-state index in [-0.39, 0.29) is 24.6 Å². The highest BCUT2D eigenvalue weighted by molar-refractivity contribution is 5.96. The number of carbonyl (C=O) groups is 2. The zero-order valence-electron chi connectivity index (χ0n) is 13.3.